The van der Waals surface area contributed by atoms with Gasteiger partial charge in [-0.05, 0) is 48.9 Å². The summed E-state index contributed by atoms with van der Waals surface area (Å²) in [5.41, 5.74) is 0.793. The number of carbonyl (C=O) groups excluding carboxylic acids is 1. The number of carbonyl (C=O) groups is 1. The lowest BCUT2D eigenvalue weighted by atomic mass is 10.2. The number of methoxy groups -OCH3 is 1. The molecule has 0 aliphatic carbocycles. The van der Waals surface area contributed by atoms with Gasteiger partial charge in [-0.2, -0.15) is 0 Å². The lowest BCUT2D eigenvalue weighted by molar-refractivity contribution is -0.127. The molecule has 2 aromatic rings. The summed E-state index contributed by atoms with van der Waals surface area (Å²) < 4.78 is 10.7. The molecule has 2 rings (SSSR count). The number of hydrogen-bond donors (Lipinski definition) is 1. The second kappa shape index (κ2) is 8.09. The van der Waals surface area contributed by atoms with Gasteiger partial charge in [-0.3, -0.25) is 4.79 Å². The van der Waals surface area contributed by atoms with Gasteiger partial charge in [-0.1, -0.05) is 29.3 Å². The van der Waals surface area contributed by atoms with Crippen LogP contribution in [0.2, 0.25) is 10.0 Å². The number of nitrogens with one attached hydrogen (secondary N) is 1. The molecule has 0 fully saturated rings. The van der Waals surface area contributed by atoms with Crippen molar-refractivity contribution in [2.45, 2.75) is 19.6 Å². The van der Waals surface area contributed by atoms with Crippen molar-refractivity contribution in [3.8, 4) is 11.5 Å². The van der Waals surface area contributed by atoms with Crippen molar-refractivity contribution in [2.24, 2.45) is 0 Å². The molecule has 0 saturated heterocycles. The monoisotopic (exact) mass is 353 g/mol. The quantitative estimate of drug-likeness (QED) is 0.850. The van der Waals surface area contributed by atoms with E-state index in [1.165, 1.54) is 0 Å². The molecule has 0 radical (unpaired) electrons. The predicted octanol–water partition coefficient (Wildman–Crippen LogP) is 4.09. The SMILES string of the molecule is COc1ccc(O[C@@H](C)C(=O)NCc2ccc(Cl)cc2Cl)cc1. The van der Waals surface area contributed by atoms with Crippen LogP contribution in [-0.2, 0) is 11.3 Å². The minimum atomic E-state index is -0.630. The molecule has 0 saturated carbocycles. The highest BCUT2D eigenvalue weighted by Crippen LogP contribution is 2.21. The first-order valence-electron chi connectivity index (χ1n) is 7.02. The highest BCUT2D eigenvalue weighted by molar-refractivity contribution is 6.35. The Morgan fingerprint density at radius 1 is 1.13 bits per heavy atom. The van der Waals surface area contributed by atoms with Crippen molar-refractivity contribution in [3.63, 3.8) is 0 Å². The molecule has 0 unspecified atom stereocenters. The van der Waals surface area contributed by atoms with Crippen molar-refractivity contribution in [1.29, 1.82) is 0 Å². The van der Waals surface area contributed by atoms with Crippen LogP contribution in [-0.4, -0.2) is 19.1 Å². The van der Waals surface area contributed by atoms with Gasteiger partial charge in [0.1, 0.15) is 11.5 Å². The number of amides is 1. The molecular weight excluding hydrogens is 337 g/mol. The van der Waals surface area contributed by atoms with Gasteiger partial charge < -0.3 is 14.8 Å². The van der Waals surface area contributed by atoms with E-state index in [4.69, 9.17) is 32.7 Å². The second-order valence-corrected chi connectivity index (χ2v) is 5.73. The van der Waals surface area contributed by atoms with E-state index in [0.29, 0.717) is 22.3 Å². The van der Waals surface area contributed by atoms with Crippen LogP contribution in [0.3, 0.4) is 0 Å². The van der Waals surface area contributed by atoms with Gasteiger partial charge in [-0.25, -0.2) is 0 Å². The smallest absolute Gasteiger partial charge is 0.261 e. The number of rotatable bonds is 6. The van der Waals surface area contributed by atoms with Gasteiger partial charge in [0.2, 0.25) is 0 Å². The molecule has 0 aliphatic heterocycles. The number of hydrogen-bond acceptors (Lipinski definition) is 3. The largest absolute Gasteiger partial charge is 0.497 e. The van der Waals surface area contributed by atoms with Crippen LogP contribution in [0.25, 0.3) is 0 Å². The molecule has 0 spiro atoms. The molecule has 122 valence electrons. The van der Waals surface area contributed by atoms with Gasteiger partial charge in [0.05, 0.1) is 7.11 Å². The third-order valence-electron chi connectivity index (χ3n) is 3.21. The first-order chi connectivity index (χ1) is 11.0. The van der Waals surface area contributed by atoms with Crippen LogP contribution >= 0.6 is 23.2 Å². The molecule has 2 aromatic carbocycles. The van der Waals surface area contributed by atoms with Gasteiger partial charge in [-0.15, -0.1) is 0 Å². The maximum Gasteiger partial charge on any atom is 0.261 e. The third-order valence-corrected chi connectivity index (χ3v) is 3.80. The Bertz CT molecular complexity index is 674. The molecule has 0 bridgehead atoms. The molecule has 0 aromatic heterocycles. The van der Waals surface area contributed by atoms with Crippen molar-refractivity contribution in [1.82, 2.24) is 5.32 Å². The summed E-state index contributed by atoms with van der Waals surface area (Å²) in [6, 6.07) is 12.2. The van der Waals surface area contributed by atoms with Crippen LogP contribution in [0.5, 0.6) is 11.5 Å². The lowest BCUT2D eigenvalue weighted by Gasteiger charge is -2.15. The molecule has 1 amide bonds. The van der Waals surface area contributed by atoms with Crippen LogP contribution in [0.1, 0.15) is 12.5 Å². The van der Waals surface area contributed by atoms with Gasteiger partial charge in [0.15, 0.2) is 6.10 Å². The summed E-state index contributed by atoms with van der Waals surface area (Å²) in [4.78, 5) is 12.1. The van der Waals surface area contributed by atoms with E-state index in [9.17, 15) is 4.79 Å². The van der Waals surface area contributed by atoms with Crippen LogP contribution in [0.4, 0.5) is 0 Å². The summed E-state index contributed by atoms with van der Waals surface area (Å²) in [6.07, 6.45) is -0.630. The Balaban J connectivity index is 1.89. The zero-order valence-corrected chi connectivity index (χ0v) is 14.3. The molecule has 0 aliphatic rings. The zero-order valence-electron chi connectivity index (χ0n) is 12.8. The van der Waals surface area contributed by atoms with Crippen molar-refractivity contribution in [2.75, 3.05) is 7.11 Å². The molecular formula is C17H17Cl2NO3. The normalized spacial score (nSPS) is 11.7. The Morgan fingerprint density at radius 3 is 2.39 bits per heavy atom. The maximum absolute atomic E-state index is 12.1. The Morgan fingerprint density at radius 2 is 1.78 bits per heavy atom. The van der Waals surface area contributed by atoms with Crippen LogP contribution < -0.4 is 14.8 Å². The molecule has 4 nitrogen and oxygen atoms in total. The minimum absolute atomic E-state index is 0.230. The molecule has 0 heterocycles. The Labute approximate surface area is 145 Å². The average Bonchev–Trinajstić information content (AvgIpc) is 2.54. The van der Waals surface area contributed by atoms with Crippen molar-refractivity contribution >= 4 is 29.1 Å². The molecule has 1 atom stereocenters. The lowest BCUT2D eigenvalue weighted by Crippen LogP contribution is -2.35. The Hall–Kier alpha value is -1.91. The van der Waals surface area contributed by atoms with Gasteiger partial charge >= 0.3 is 0 Å². The fraction of sp³-hybridized carbons (Fsp3) is 0.235. The minimum Gasteiger partial charge on any atom is -0.497 e. The summed E-state index contributed by atoms with van der Waals surface area (Å²) in [5.74, 6) is 1.09. The summed E-state index contributed by atoms with van der Waals surface area (Å²) in [6.45, 7) is 1.99. The first-order valence-corrected chi connectivity index (χ1v) is 7.77. The van der Waals surface area contributed by atoms with E-state index in [1.54, 1.807) is 56.5 Å². The predicted molar refractivity (Wildman–Crippen MR) is 91.4 cm³/mol. The van der Waals surface area contributed by atoms with E-state index in [2.05, 4.69) is 5.32 Å². The number of benzene rings is 2. The third kappa shape index (κ3) is 5.05. The van der Waals surface area contributed by atoms with E-state index in [-0.39, 0.29) is 5.91 Å². The highest BCUT2D eigenvalue weighted by Gasteiger charge is 2.15. The van der Waals surface area contributed by atoms with Crippen molar-refractivity contribution < 1.29 is 14.3 Å². The summed E-state index contributed by atoms with van der Waals surface area (Å²) in [7, 11) is 1.59. The molecule has 6 heteroatoms. The van der Waals surface area contributed by atoms with Gasteiger partial charge in [0, 0.05) is 16.6 Å². The average molecular weight is 354 g/mol. The van der Waals surface area contributed by atoms with E-state index >= 15 is 0 Å². The molecule has 1 N–H and O–H groups in total. The first kappa shape index (κ1) is 17.4. The number of halogens is 2. The molecule has 23 heavy (non-hydrogen) atoms. The fourth-order valence-electron chi connectivity index (χ4n) is 1.90. The van der Waals surface area contributed by atoms with Crippen LogP contribution in [0, 0.1) is 0 Å². The number of ether oxygens (including phenoxy) is 2. The van der Waals surface area contributed by atoms with E-state index < -0.39 is 6.10 Å². The van der Waals surface area contributed by atoms with Gasteiger partial charge in [0.25, 0.3) is 5.91 Å². The summed E-state index contributed by atoms with van der Waals surface area (Å²) >= 11 is 11.9. The topological polar surface area (TPSA) is 47.6 Å². The maximum atomic E-state index is 12.1. The fourth-order valence-corrected chi connectivity index (χ4v) is 2.38. The highest BCUT2D eigenvalue weighted by atomic mass is 35.5. The summed E-state index contributed by atoms with van der Waals surface area (Å²) in [5, 5.41) is 3.86. The Kier molecular flexibility index (Phi) is 6.13. The van der Waals surface area contributed by atoms with Crippen molar-refractivity contribution in [3.05, 3.63) is 58.1 Å². The zero-order chi connectivity index (χ0) is 16.8. The van der Waals surface area contributed by atoms with E-state index in [1.807, 2.05) is 0 Å². The van der Waals surface area contributed by atoms with Crippen LogP contribution in [0.15, 0.2) is 42.5 Å². The van der Waals surface area contributed by atoms with E-state index in [0.717, 1.165) is 11.3 Å². The second-order valence-electron chi connectivity index (χ2n) is 4.89. The standard InChI is InChI=1S/C17H17Cl2NO3/c1-11(23-15-7-5-14(22-2)6-8-15)17(21)20-10-12-3-4-13(18)9-16(12)19/h3-9,11H,10H2,1-2H3,(H,20,21)/t11-/m0/s1.